The molecule has 1 heterocycles. The van der Waals surface area contributed by atoms with Gasteiger partial charge in [-0.2, -0.15) is 5.10 Å². The summed E-state index contributed by atoms with van der Waals surface area (Å²) in [6.07, 6.45) is 10.5. The first kappa shape index (κ1) is 26.4. The number of aliphatic carboxylic acids is 1. The van der Waals surface area contributed by atoms with Crippen molar-refractivity contribution in [1.82, 2.24) is 14.7 Å². The van der Waals surface area contributed by atoms with E-state index in [0.717, 1.165) is 35.3 Å². The Kier molecular flexibility index (Phi) is 8.18. The van der Waals surface area contributed by atoms with Crippen LogP contribution in [0.15, 0.2) is 97.3 Å². The number of carbonyl (C=O) groups is 1. The number of carboxylic acid groups (broad SMARTS) is 1. The molecule has 0 saturated heterocycles. The van der Waals surface area contributed by atoms with Gasteiger partial charge in [0.25, 0.3) is 0 Å². The van der Waals surface area contributed by atoms with Crippen LogP contribution in [0.4, 0.5) is 0 Å². The highest BCUT2D eigenvalue weighted by atomic mass is 16.4. The summed E-state index contributed by atoms with van der Waals surface area (Å²) in [6.45, 7) is 1.81. The molecule has 5 nitrogen and oxygen atoms in total. The number of likely N-dealkylation sites (N-methyl/N-ethyl adjacent to an activating group) is 1. The molecule has 39 heavy (non-hydrogen) atoms. The van der Waals surface area contributed by atoms with Gasteiger partial charge in [0.1, 0.15) is 0 Å². The van der Waals surface area contributed by atoms with Crippen molar-refractivity contribution in [3.05, 3.63) is 120 Å². The van der Waals surface area contributed by atoms with E-state index in [1.807, 2.05) is 23.0 Å². The highest BCUT2D eigenvalue weighted by Crippen LogP contribution is 2.45. The van der Waals surface area contributed by atoms with Crippen LogP contribution in [0.25, 0.3) is 28.3 Å². The van der Waals surface area contributed by atoms with Crippen molar-refractivity contribution in [2.75, 3.05) is 20.6 Å². The molecule has 4 aromatic rings. The second kappa shape index (κ2) is 12.1. The molecule has 0 atom stereocenters. The third kappa shape index (κ3) is 6.44. The summed E-state index contributed by atoms with van der Waals surface area (Å²) in [5.41, 5.74) is 9.34. The molecule has 1 aliphatic carbocycles. The maximum atomic E-state index is 11.0. The van der Waals surface area contributed by atoms with Gasteiger partial charge in [-0.05, 0) is 77.9 Å². The lowest BCUT2D eigenvalue weighted by molar-refractivity contribution is -0.131. The minimum Gasteiger partial charge on any atom is -0.478 e. The Hall–Kier alpha value is -4.22. The highest BCUT2D eigenvalue weighted by molar-refractivity contribution is 6.00. The van der Waals surface area contributed by atoms with Crippen LogP contribution in [0.3, 0.4) is 0 Å². The molecule has 0 bridgehead atoms. The van der Waals surface area contributed by atoms with Crippen LogP contribution in [0.5, 0.6) is 0 Å². The van der Waals surface area contributed by atoms with Crippen molar-refractivity contribution in [2.24, 2.45) is 5.92 Å². The van der Waals surface area contributed by atoms with Crippen molar-refractivity contribution in [2.45, 2.75) is 25.8 Å². The van der Waals surface area contributed by atoms with Crippen molar-refractivity contribution < 1.29 is 9.90 Å². The van der Waals surface area contributed by atoms with Crippen LogP contribution in [0, 0.1) is 5.92 Å². The first-order valence-electron chi connectivity index (χ1n) is 13.6. The van der Waals surface area contributed by atoms with Gasteiger partial charge in [-0.25, -0.2) is 4.79 Å². The summed E-state index contributed by atoms with van der Waals surface area (Å²) >= 11 is 0. The Morgan fingerprint density at radius 2 is 1.59 bits per heavy atom. The number of aromatic nitrogens is 2. The lowest BCUT2D eigenvalue weighted by Crippen LogP contribution is -2.18. The minimum absolute atomic E-state index is 0.517. The van der Waals surface area contributed by atoms with E-state index >= 15 is 0 Å². The molecule has 5 heteroatoms. The van der Waals surface area contributed by atoms with Gasteiger partial charge >= 0.3 is 5.97 Å². The first-order valence-corrected chi connectivity index (χ1v) is 13.6. The largest absolute Gasteiger partial charge is 0.478 e. The van der Waals surface area contributed by atoms with Gasteiger partial charge in [0.05, 0.1) is 12.7 Å². The summed E-state index contributed by atoms with van der Waals surface area (Å²) in [5, 5.41) is 13.6. The number of benzene rings is 3. The summed E-state index contributed by atoms with van der Waals surface area (Å²) in [7, 11) is 4.14. The number of nitrogens with zero attached hydrogens (tertiary/aromatic N) is 3. The molecule has 0 radical (unpaired) electrons. The maximum absolute atomic E-state index is 11.0. The third-order valence-electron chi connectivity index (χ3n) is 7.40. The number of rotatable bonds is 10. The highest BCUT2D eigenvalue weighted by Gasteiger charge is 2.27. The van der Waals surface area contributed by atoms with Crippen LogP contribution >= 0.6 is 0 Å². The summed E-state index contributed by atoms with van der Waals surface area (Å²) < 4.78 is 2.00. The summed E-state index contributed by atoms with van der Waals surface area (Å²) in [5.74, 6) is -0.428. The predicted octanol–water partition coefficient (Wildman–Crippen LogP) is 6.97. The maximum Gasteiger partial charge on any atom is 0.328 e. The van der Waals surface area contributed by atoms with E-state index in [2.05, 4.69) is 97.0 Å². The number of hydrogen-bond donors (Lipinski definition) is 1. The molecule has 5 rings (SSSR count). The van der Waals surface area contributed by atoms with Crippen LogP contribution in [0.1, 0.15) is 41.5 Å². The molecular weight excluding hydrogens is 482 g/mol. The molecule has 1 N–H and O–H groups in total. The number of allylic oxidation sites excluding steroid dienone is 1. The fourth-order valence-corrected chi connectivity index (χ4v) is 5.07. The topological polar surface area (TPSA) is 58.4 Å². The lowest BCUT2D eigenvalue weighted by atomic mass is 9.73. The van der Waals surface area contributed by atoms with E-state index < -0.39 is 5.97 Å². The minimum atomic E-state index is -0.945. The monoisotopic (exact) mass is 517 g/mol. The van der Waals surface area contributed by atoms with Crippen molar-refractivity contribution in [1.29, 1.82) is 0 Å². The fraction of sp³-hybridized carbons (Fsp3) is 0.235. The van der Waals surface area contributed by atoms with Crippen LogP contribution in [-0.4, -0.2) is 46.4 Å². The quantitative estimate of drug-likeness (QED) is 0.182. The molecule has 3 aromatic carbocycles. The van der Waals surface area contributed by atoms with Crippen molar-refractivity contribution in [3.63, 3.8) is 0 Å². The zero-order valence-corrected chi connectivity index (χ0v) is 22.6. The second-order valence-corrected chi connectivity index (χ2v) is 10.4. The van der Waals surface area contributed by atoms with Crippen molar-refractivity contribution in [3.8, 4) is 11.1 Å². The number of hydrogen-bond acceptors (Lipinski definition) is 3. The van der Waals surface area contributed by atoms with E-state index in [-0.39, 0.29) is 0 Å². The van der Waals surface area contributed by atoms with Gasteiger partial charge in [0, 0.05) is 24.4 Å². The Morgan fingerprint density at radius 3 is 2.18 bits per heavy atom. The Labute approximate surface area is 230 Å². The molecular formula is C34H35N3O2. The zero-order chi connectivity index (χ0) is 27.2. The average Bonchev–Trinajstić information content (AvgIpc) is 3.40. The van der Waals surface area contributed by atoms with E-state index in [4.69, 9.17) is 5.11 Å². The predicted molar refractivity (Wildman–Crippen MR) is 159 cm³/mol. The molecule has 1 fully saturated rings. The summed E-state index contributed by atoms with van der Waals surface area (Å²) in [4.78, 5) is 13.1. The molecule has 1 aliphatic rings. The molecule has 0 amide bonds. The molecule has 0 spiro atoms. The van der Waals surface area contributed by atoms with Crippen LogP contribution in [0.2, 0.25) is 0 Å². The molecule has 0 unspecified atom stereocenters. The third-order valence-corrected chi connectivity index (χ3v) is 7.40. The van der Waals surface area contributed by atoms with E-state index in [1.165, 1.54) is 47.6 Å². The van der Waals surface area contributed by atoms with Gasteiger partial charge < -0.3 is 10.0 Å². The molecule has 0 aliphatic heterocycles. The summed E-state index contributed by atoms with van der Waals surface area (Å²) in [6, 6.07) is 27.8. The SMILES string of the molecule is CN(C)CCn1cc(-c2ccc(/C(=C(/c3ccccc3)C3CCC3)c3ccc(/C=C/C(=O)O)cc3)cc2)cn1. The van der Waals surface area contributed by atoms with Crippen LogP contribution in [-0.2, 0) is 11.3 Å². The Bertz CT molecular complexity index is 1460. The fourth-order valence-electron chi connectivity index (χ4n) is 5.07. The second-order valence-electron chi connectivity index (χ2n) is 10.4. The van der Waals surface area contributed by atoms with E-state index in [9.17, 15) is 4.79 Å². The van der Waals surface area contributed by atoms with Gasteiger partial charge in [0.15, 0.2) is 0 Å². The molecule has 1 saturated carbocycles. The van der Waals surface area contributed by atoms with E-state index in [1.54, 1.807) is 6.08 Å². The Morgan fingerprint density at radius 1 is 0.923 bits per heavy atom. The molecule has 198 valence electrons. The first-order chi connectivity index (χ1) is 19.0. The normalized spacial score (nSPS) is 14.4. The van der Waals surface area contributed by atoms with Gasteiger partial charge in [-0.1, -0.05) is 85.3 Å². The van der Waals surface area contributed by atoms with Gasteiger partial charge in [-0.3, -0.25) is 4.68 Å². The standard InChI is InChI=1S/C34H35N3O2/c1-36(2)21-22-37-24-31(23-35-37)26-16-18-30(19-17-26)34(29-14-11-25(12-15-29)13-20-32(38)39)33(28-9-6-10-28)27-7-4-3-5-8-27/h3-5,7-8,11-20,23-24,28H,6,9-10,21-22H2,1-2H3,(H,38,39)/b20-13+,34-33-. The number of carboxylic acids is 1. The van der Waals surface area contributed by atoms with Crippen molar-refractivity contribution >= 4 is 23.2 Å². The van der Waals surface area contributed by atoms with E-state index in [0.29, 0.717) is 5.92 Å². The Balaban J connectivity index is 1.55. The smallest absolute Gasteiger partial charge is 0.328 e. The van der Waals surface area contributed by atoms with Gasteiger partial charge in [0.2, 0.25) is 0 Å². The zero-order valence-electron chi connectivity index (χ0n) is 22.6. The van der Waals surface area contributed by atoms with Crippen LogP contribution < -0.4 is 0 Å². The van der Waals surface area contributed by atoms with Gasteiger partial charge in [-0.15, -0.1) is 0 Å². The molecule has 1 aromatic heterocycles. The average molecular weight is 518 g/mol. The lowest BCUT2D eigenvalue weighted by Gasteiger charge is -2.31.